The van der Waals surface area contributed by atoms with Crippen LogP contribution in [-0.2, 0) is 0 Å². The molecular weight excluding hydrogens is 322 g/mol. The number of rotatable bonds is 4. The molecule has 1 aromatic heterocycles. The second-order valence-corrected chi connectivity index (χ2v) is 7.32. The summed E-state index contributed by atoms with van der Waals surface area (Å²) in [6.07, 6.45) is 1.52. The van der Waals surface area contributed by atoms with Gasteiger partial charge < -0.3 is 14.7 Å². The highest BCUT2D eigenvalue weighted by Crippen LogP contribution is 2.37. The molecule has 1 aromatic carbocycles. The van der Waals surface area contributed by atoms with Crippen LogP contribution in [0.15, 0.2) is 36.4 Å². The van der Waals surface area contributed by atoms with Crippen LogP contribution in [-0.4, -0.2) is 42.2 Å². The van der Waals surface area contributed by atoms with Gasteiger partial charge in [0.25, 0.3) is 5.91 Å². The Kier molecular flexibility index (Phi) is 5.21. The lowest BCUT2D eigenvalue weighted by Crippen LogP contribution is -2.42. The number of thiophene rings is 1. The van der Waals surface area contributed by atoms with Crippen molar-refractivity contribution in [3.05, 3.63) is 41.3 Å². The molecule has 0 saturated carbocycles. The molecule has 1 aliphatic rings. The van der Waals surface area contributed by atoms with Crippen molar-refractivity contribution in [2.75, 3.05) is 20.2 Å². The summed E-state index contributed by atoms with van der Waals surface area (Å²) in [5.74, 6) is 0.787. The van der Waals surface area contributed by atoms with Crippen molar-refractivity contribution in [3.8, 4) is 16.2 Å². The number of hydrogen-bond acceptors (Lipinski definition) is 4. The molecule has 0 spiro atoms. The van der Waals surface area contributed by atoms with Crippen LogP contribution in [0.1, 0.15) is 29.4 Å². The van der Waals surface area contributed by atoms with Crippen molar-refractivity contribution in [3.63, 3.8) is 0 Å². The van der Waals surface area contributed by atoms with Gasteiger partial charge >= 0.3 is 0 Å². The lowest BCUT2D eigenvalue weighted by Gasteiger charge is -2.34. The van der Waals surface area contributed by atoms with E-state index in [1.54, 1.807) is 14.0 Å². The molecule has 1 aliphatic heterocycles. The van der Waals surface area contributed by atoms with E-state index < -0.39 is 0 Å². The van der Waals surface area contributed by atoms with Crippen LogP contribution in [0.3, 0.4) is 0 Å². The second kappa shape index (κ2) is 7.36. The van der Waals surface area contributed by atoms with E-state index in [0.717, 1.165) is 29.8 Å². The summed E-state index contributed by atoms with van der Waals surface area (Å²) in [5, 5.41) is 9.84. The fourth-order valence-corrected chi connectivity index (χ4v) is 4.25. The van der Waals surface area contributed by atoms with Crippen LogP contribution in [0.4, 0.5) is 0 Å². The predicted octanol–water partition coefficient (Wildman–Crippen LogP) is 3.66. The van der Waals surface area contributed by atoms with Crippen LogP contribution >= 0.6 is 11.3 Å². The zero-order chi connectivity index (χ0) is 17.1. The van der Waals surface area contributed by atoms with E-state index >= 15 is 0 Å². The van der Waals surface area contributed by atoms with Gasteiger partial charge in [0.1, 0.15) is 10.6 Å². The quantitative estimate of drug-likeness (QED) is 0.920. The molecule has 1 amide bonds. The van der Waals surface area contributed by atoms with E-state index in [1.165, 1.54) is 11.3 Å². The molecule has 0 radical (unpaired) electrons. The topological polar surface area (TPSA) is 49.8 Å². The van der Waals surface area contributed by atoms with Gasteiger partial charge in [0.05, 0.1) is 13.2 Å². The van der Waals surface area contributed by atoms with E-state index in [9.17, 15) is 9.90 Å². The monoisotopic (exact) mass is 345 g/mol. The van der Waals surface area contributed by atoms with E-state index in [4.69, 9.17) is 4.74 Å². The third-order valence-electron chi connectivity index (χ3n) is 4.60. The van der Waals surface area contributed by atoms with Crippen LogP contribution in [0.2, 0.25) is 0 Å². The summed E-state index contributed by atoms with van der Waals surface area (Å²) in [4.78, 5) is 16.5. The Morgan fingerprint density at radius 2 is 2.12 bits per heavy atom. The lowest BCUT2D eigenvalue weighted by atomic mass is 9.93. The molecule has 3 rings (SSSR count). The summed E-state index contributed by atoms with van der Waals surface area (Å²) < 4.78 is 5.45. The summed E-state index contributed by atoms with van der Waals surface area (Å²) in [6.45, 7) is 3.15. The fourth-order valence-electron chi connectivity index (χ4n) is 3.15. The van der Waals surface area contributed by atoms with E-state index in [1.807, 2.05) is 41.3 Å². The lowest BCUT2D eigenvalue weighted by molar-refractivity contribution is 0.0467. The average molecular weight is 345 g/mol. The summed E-state index contributed by atoms with van der Waals surface area (Å²) in [6, 6.07) is 11.9. The van der Waals surface area contributed by atoms with Gasteiger partial charge in [0.15, 0.2) is 0 Å². The van der Waals surface area contributed by atoms with Crippen molar-refractivity contribution in [1.29, 1.82) is 0 Å². The minimum atomic E-state index is -0.384. The van der Waals surface area contributed by atoms with Crippen LogP contribution in [0.25, 0.3) is 10.4 Å². The first-order valence-corrected chi connectivity index (χ1v) is 9.12. The van der Waals surface area contributed by atoms with E-state index in [-0.39, 0.29) is 17.9 Å². The summed E-state index contributed by atoms with van der Waals surface area (Å²) in [5.41, 5.74) is 1.08. The van der Waals surface area contributed by atoms with Gasteiger partial charge in [0.2, 0.25) is 0 Å². The number of benzene rings is 1. The first-order valence-electron chi connectivity index (χ1n) is 8.30. The maximum atomic E-state index is 13.0. The summed E-state index contributed by atoms with van der Waals surface area (Å²) in [7, 11) is 1.60. The molecule has 1 N–H and O–H groups in total. The third-order valence-corrected chi connectivity index (χ3v) is 5.75. The van der Waals surface area contributed by atoms with Gasteiger partial charge in [-0.15, -0.1) is 11.3 Å². The first kappa shape index (κ1) is 17.0. The highest BCUT2D eigenvalue weighted by atomic mass is 32.1. The Hall–Kier alpha value is -1.85. The highest BCUT2D eigenvalue weighted by Gasteiger charge is 2.29. The van der Waals surface area contributed by atoms with Gasteiger partial charge in [-0.2, -0.15) is 0 Å². The standard InChI is InChI=1S/C19H23NO3S/c1-13(21)15-9-6-10-20(12-15)19(22)18-16(23-2)11-17(24-18)14-7-4-3-5-8-14/h3-5,7-8,11,13,15,21H,6,9-10,12H2,1-2H3. The Morgan fingerprint density at radius 3 is 2.79 bits per heavy atom. The molecule has 1 fully saturated rings. The number of carbonyl (C=O) groups is 1. The van der Waals surface area contributed by atoms with Crippen LogP contribution < -0.4 is 4.74 Å². The zero-order valence-electron chi connectivity index (χ0n) is 14.1. The van der Waals surface area contributed by atoms with Gasteiger partial charge in [0, 0.05) is 23.9 Å². The number of carbonyl (C=O) groups excluding carboxylic acids is 1. The van der Waals surface area contributed by atoms with Crippen molar-refractivity contribution in [2.24, 2.45) is 5.92 Å². The van der Waals surface area contributed by atoms with Crippen LogP contribution in [0, 0.1) is 5.92 Å². The molecule has 4 nitrogen and oxygen atoms in total. The van der Waals surface area contributed by atoms with Crippen LogP contribution in [0.5, 0.6) is 5.75 Å². The molecule has 0 bridgehead atoms. The number of likely N-dealkylation sites (tertiary alicyclic amines) is 1. The number of aliphatic hydroxyl groups is 1. The molecule has 24 heavy (non-hydrogen) atoms. The molecule has 1 saturated heterocycles. The number of methoxy groups -OCH3 is 1. The third kappa shape index (κ3) is 3.47. The highest BCUT2D eigenvalue weighted by molar-refractivity contribution is 7.17. The second-order valence-electron chi connectivity index (χ2n) is 6.27. The number of nitrogens with zero attached hydrogens (tertiary/aromatic N) is 1. The fraction of sp³-hybridized carbons (Fsp3) is 0.421. The average Bonchev–Trinajstić information content (AvgIpc) is 3.06. The van der Waals surface area contributed by atoms with E-state index in [0.29, 0.717) is 17.2 Å². The maximum Gasteiger partial charge on any atom is 0.267 e. The molecule has 2 unspecified atom stereocenters. The molecule has 0 aliphatic carbocycles. The van der Waals surface area contributed by atoms with Gasteiger partial charge in [-0.3, -0.25) is 4.79 Å². The number of hydrogen-bond donors (Lipinski definition) is 1. The van der Waals surface area contributed by atoms with Crippen molar-refractivity contribution >= 4 is 17.2 Å². The largest absolute Gasteiger partial charge is 0.495 e. The van der Waals surface area contributed by atoms with Crippen molar-refractivity contribution < 1.29 is 14.6 Å². The smallest absolute Gasteiger partial charge is 0.267 e. The Labute approximate surface area is 146 Å². The van der Waals surface area contributed by atoms with Crippen molar-refractivity contribution in [2.45, 2.75) is 25.9 Å². The number of piperidine rings is 1. The Morgan fingerprint density at radius 1 is 1.38 bits per heavy atom. The van der Waals surface area contributed by atoms with Crippen molar-refractivity contribution in [1.82, 2.24) is 4.90 Å². The normalized spacial score (nSPS) is 19.1. The van der Waals surface area contributed by atoms with E-state index in [2.05, 4.69) is 0 Å². The minimum absolute atomic E-state index is 0.00406. The summed E-state index contributed by atoms with van der Waals surface area (Å²) >= 11 is 1.47. The molecule has 2 heterocycles. The van der Waals surface area contributed by atoms with Gasteiger partial charge in [-0.1, -0.05) is 30.3 Å². The maximum absolute atomic E-state index is 13.0. The molecule has 5 heteroatoms. The SMILES string of the molecule is COc1cc(-c2ccccc2)sc1C(=O)N1CCCC(C(C)O)C1. The molecule has 2 aromatic rings. The van der Waals surface area contributed by atoms with Gasteiger partial charge in [-0.05, 0) is 31.4 Å². The number of ether oxygens (including phenoxy) is 1. The number of amides is 1. The molecule has 128 valence electrons. The first-order chi connectivity index (χ1) is 11.6. The molecular formula is C19H23NO3S. The Balaban J connectivity index is 1.85. The predicted molar refractivity (Wildman–Crippen MR) is 96.6 cm³/mol. The minimum Gasteiger partial charge on any atom is -0.495 e. The van der Waals surface area contributed by atoms with Gasteiger partial charge in [-0.25, -0.2) is 0 Å². The Bertz CT molecular complexity index is 696. The number of aliphatic hydroxyl groups excluding tert-OH is 1. The zero-order valence-corrected chi connectivity index (χ0v) is 14.9. The molecule has 2 atom stereocenters.